The van der Waals surface area contributed by atoms with Crippen molar-refractivity contribution in [1.29, 1.82) is 0 Å². The van der Waals surface area contributed by atoms with Crippen LogP contribution in [0.1, 0.15) is 26.2 Å². The summed E-state index contributed by atoms with van der Waals surface area (Å²) in [4.78, 5) is 0. The molecule has 0 amide bonds. The maximum atomic E-state index is 5.55. The van der Waals surface area contributed by atoms with Crippen LogP contribution in [-0.4, -0.2) is 42.4 Å². The molecule has 0 unspecified atom stereocenters. The molecule has 0 aliphatic carbocycles. The van der Waals surface area contributed by atoms with Crippen molar-refractivity contribution in [2.24, 2.45) is 5.73 Å². The molecule has 0 rings (SSSR count). The molecule has 0 aromatic heterocycles. The van der Waals surface area contributed by atoms with Gasteiger partial charge in [0.25, 0.3) is 0 Å². The van der Waals surface area contributed by atoms with Crippen molar-refractivity contribution < 1.29 is 8.85 Å². The van der Waals surface area contributed by atoms with Crippen molar-refractivity contribution in [1.82, 2.24) is 5.32 Å². The molecule has 0 atom stereocenters. The van der Waals surface area contributed by atoms with Gasteiger partial charge in [0.2, 0.25) is 0 Å². The Bertz CT molecular complexity index is 147. The number of nitrogens with two attached hydrogens (primary N) is 1. The fourth-order valence-electron chi connectivity index (χ4n) is 1.75. The molecule has 0 spiro atoms. The highest BCUT2D eigenvalue weighted by Gasteiger charge is 2.32. The summed E-state index contributed by atoms with van der Waals surface area (Å²) in [5.74, 6) is 0. The second-order valence-electron chi connectivity index (χ2n) is 4.02. The Hall–Kier alpha value is 0.0569. The van der Waals surface area contributed by atoms with Gasteiger partial charge < -0.3 is 19.9 Å². The quantitative estimate of drug-likeness (QED) is 0.429. The van der Waals surface area contributed by atoms with Gasteiger partial charge in [0.05, 0.1) is 0 Å². The number of nitrogens with one attached hydrogen (secondary N) is 1. The maximum absolute atomic E-state index is 5.55. The van der Waals surface area contributed by atoms with Gasteiger partial charge in [-0.05, 0) is 51.0 Å². The Morgan fingerprint density at radius 3 is 2.19 bits per heavy atom. The lowest BCUT2D eigenvalue weighted by Gasteiger charge is -2.25. The summed E-state index contributed by atoms with van der Waals surface area (Å²) >= 11 is 0. The lowest BCUT2D eigenvalue weighted by atomic mass is 10.3. The summed E-state index contributed by atoms with van der Waals surface area (Å²) in [5, 5.41) is 3.42. The smallest absolute Gasteiger partial charge is 0.337 e. The van der Waals surface area contributed by atoms with Crippen LogP contribution in [0.2, 0.25) is 12.1 Å². The van der Waals surface area contributed by atoms with Crippen LogP contribution in [-0.2, 0) is 8.85 Å². The van der Waals surface area contributed by atoms with Crippen LogP contribution < -0.4 is 11.1 Å². The molecule has 0 aliphatic heterocycles. The lowest BCUT2D eigenvalue weighted by molar-refractivity contribution is 0.241. The summed E-state index contributed by atoms with van der Waals surface area (Å²) in [7, 11) is 1.69. The van der Waals surface area contributed by atoms with Crippen molar-refractivity contribution in [3.8, 4) is 0 Å². The van der Waals surface area contributed by atoms with Crippen LogP contribution >= 0.6 is 0 Å². The minimum absolute atomic E-state index is 0.793. The van der Waals surface area contributed by atoms with Crippen molar-refractivity contribution in [2.75, 3.05) is 33.9 Å². The fourth-order valence-corrected chi connectivity index (χ4v) is 3.98. The van der Waals surface area contributed by atoms with Gasteiger partial charge in [0.1, 0.15) is 0 Å². The summed E-state index contributed by atoms with van der Waals surface area (Å²) in [6.07, 6.45) is 3.41. The van der Waals surface area contributed by atoms with Crippen LogP contribution in [0.5, 0.6) is 0 Å². The first kappa shape index (κ1) is 16.1. The van der Waals surface area contributed by atoms with E-state index in [0.29, 0.717) is 0 Å². The van der Waals surface area contributed by atoms with E-state index < -0.39 is 8.56 Å². The third-order valence-electron chi connectivity index (χ3n) is 3.00. The molecule has 5 heteroatoms. The van der Waals surface area contributed by atoms with E-state index in [4.69, 9.17) is 14.6 Å². The van der Waals surface area contributed by atoms with Crippen LogP contribution in [0.4, 0.5) is 0 Å². The molecule has 0 saturated heterocycles. The number of rotatable bonds is 11. The largest absolute Gasteiger partial charge is 0.398 e. The summed E-state index contributed by atoms with van der Waals surface area (Å²) in [6, 6.07) is 2.09. The zero-order valence-electron chi connectivity index (χ0n) is 11.1. The van der Waals surface area contributed by atoms with Crippen molar-refractivity contribution in [2.45, 2.75) is 38.3 Å². The monoisotopic (exact) mass is 248 g/mol. The number of hydrogen-bond donors (Lipinski definition) is 2. The molecule has 0 fully saturated rings. The first-order valence-corrected chi connectivity index (χ1v) is 8.49. The van der Waals surface area contributed by atoms with E-state index in [1.54, 1.807) is 14.2 Å². The number of hydrogen-bond acceptors (Lipinski definition) is 4. The molecular formula is C11H28N2O2Si. The normalized spacial score (nSPS) is 12.0. The summed E-state index contributed by atoms with van der Waals surface area (Å²) < 4.78 is 11.1. The van der Waals surface area contributed by atoms with E-state index in [9.17, 15) is 0 Å². The highest BCUT2D eigenvalue weighted by molar-refractivity contribution is 6.67. The molecule has 4 nitrogen and oxygen atoms in total. The van der Waals surface area contributed by atoms with E-state index in [1.165, 1.54) is 6.42 Å². The molecule has 0 saturated carbocycles. The topological polar surface area (TPSA) is 56.5 Å². The summed E-state index contributed by atoms with van der Waals surface area (Å²) in [6.45, 7) is 5.05. The van der Waals surface area contributed by atoms with E-state index in [0.717, 1.165) is 44.6 Å². The molecule has 0 radical (unpaired) electrons. The minimum Gasteiger partial charge on any atom is -0.398 e. The van der Waals surface area contributed by atoms with Crippen molar-refractivity contribution in [3.05, 3.63) is 0 Å². The molecule has 98 valence electrons. The Kier molecular flexibility index (Phi) is 10.3. The van der Waals surface area contributed by atoms with E-state index in [-0.39, 0.29) is 0 Å². The van der Waals surface area contributed by atoms with Gasteiger partial charge in [-0.15, -0.1) is 0 Å². The SMILES string of the molecule is CC[Si](CCCNCCCCN)(OC)OC. The lowest BCUT2D eigenvalue weighted by Crippen LogP contribution is -2.39. The Morgan fingerprint density at radius 1 is 1.06 bits per heavy atom. The molecule has 0 bridgehead atoms. The van der Waals surface area contributed by atoms with E-state index in [2.05, 4.69) is 12.2 Å². The Morgan fingerprint density at radius 2 is 1.69 bits per heavy atom. The van der Waals surface area contributed by atoms with Crippen LogP contribution in [0.3, 0.4) is 0 Å². The van der Waals surface area contributed by atoms with Gasteiger partial charge in [0.15, 0.2) is 0 Å². The average molecular weight is 248 g/mol. The maximum Gasteiger partial charge on any atom is 0.337 e. The molecule has 0 aliphatic rings. The molecular weight excluding hydrogens is 220 g/mol. The minimum atomic E-state index is -1.85. The van der Waals surface area contributed by atoms with Crippen molar-refractivity contribution >= 4 is 8.56 Å². The number of unbranched alkanes of at least 4 members (excludes halogenated alkanes) is 1. The predicted molar refractivity (Wildman–Crippen MR) is 70.8 cm³/mol. The van der Waals surface area contributed by atoms with E-state index in [1.807, 2.05) is 0 Å². The van der Waals surface area contributed by atoms with Crippen LogP contribution in [0.25, 0.3) is 0 Å². The molecule has 0 aromatic carbocycles. The van der Waals surface area contributed by atoms with Gasteiger partial charge in [-0.25, -0.2) is 0 Å². The van der Waals surface area contributed by atoms with E-state index >= 15 is 0 Å². The zero-order chi connectivity index (χ0) is 12.3. The second-order valence-corrected chi connectivity index (χ2v) is 7.87. The van der Waals surface area contributed by atoms with Gasteiger partial charge in [-0.3, -0.25) is 0 Å². The molecule has 3 N–H and O–H groups in total. The van der Waals surface area contributed by atoms with Gasteiger partial charge >= 0.3 is 8.56 Å². The zero-order valence-corrected chi connectivity index (χ0v) is 12.1. The average Bonchev–Trinajstić information content (AvgIpc) is 2.34. The first-order valence-electron chi connectivity index (χ1n) is 6.25. The molecule has 16 heavy (non-hydrogen) atoms. The van der Waals surface area contributed by atoms with Gasteiger partial charge in [-0.2, -0.15) is 0 Å². The molecule has 0 aromatic rings. The third kappa shape index (κ3) is 6.60. The standard InChI is InChI=1S/C11H28N2O2Si/c1-4-16(14-2,15-3)11-7-10-13-9-6-5-8-12/h13H,4-12H2,1-3H3. The van der Waals surface area contributed by atoms with Gasteiger partial charge in [-0.1, -0.05) is 6.92 Å². The van der Waals surface area contributed by atoms with Gasteiger partial charge in [0, 0.05) is 14.2 Å². The van der Waals surface area contributed by atoms with Crippen LogP contribution in [0, 0.1) is 0 Å². The Labute approximate surface area is 101 Å². The fraction of sp³-hybridized carbons (Fsp3) is 1.00. The predicted octanol–water partition coefficient (Wildman–Crippen LogP) is 1.46. The Balaban J connectivity index is 3.48. The first-order chi connectivity index (χ1) is 7.74. The third-order valence-corrected chi connectivity index (χ3v) is 6.68. The summed E-state index contributed by atoms with van der Waals surface area (Å²) in [5.41, 5.74) is 5.43. The second kappa shape index (κ2) is 10.2. The van der Waals surface area contributed by atoms with Crippen LogP contribution in [0.15, 0.2) is 0 Å². The van der Waals surface area contributed by atoms with Crippen molar-refractivity contribution in [3.63, 3.8) is 0 Å². The highest BCUT2D eigenvalue weighted by Crippen LogP contribution is 2.18. The molecule has 0 heterocycles. The highest BCUT2D eigenvalue weighted by atomic mass is 28.4.